The maximum absolute atomic E-state index is 12.5. The smallest absolute Gasteiger partial charge is 0.331 e. The maximum Gasteiger partial charge on any atom is 0.331 e. The summed E-state index contributed by atoms with van der Waals surface area (Å²) in [6, 6.07) is 10.3. The molecule has 0 aliphatic heterocycles. The van der Waals surface area contributed by atoms with Crippen molar-refractivity contribution in [1.82, 2.24) is 4.31 Å². The van der Waals surface area contributed by atoms with Gasteiger partial charge in [-0.1, -0.05) is 32.0 Å². The Kier molecular flexibility index (Phi) is 8.83. The minimum Gasteiger partial charge on any atom is -0.452 e. The number of carbonyl (C=O) groups excluding carboxylic acids is 2. The number of rotatable bonds is 10. The number of amides is 1. The minimum absolute atomic E-state index is 0.136. The Bertz CT molecular complexity index is 1160. The lowest BCUT2D eigenvalue weighted by Gasteiger charge is -2.18. The molecular formula is C22H25N3O7S. The SMILES string of the molecule is CCN(CC)S(=O)(=O)c1ccc(/C=C/C(=O)OCC(=O)Nc2cccc([N+](=O)[O-])c2C)cc1. The van der Waals surface area contributed by atoms with Crippen molar-refractivity contribution in [2.24, 2.45) is 0 Å². The maximum atomic E-state index is 12.5. The second kappa shape index (κ2) is 11.3. The molecule has 0 spiro atoms. The highest BCUT2D eigenvalue weighted by Gasteiger charge is 2.21. The van der Waals surface area contributed by atoms with Crippen LogP contribution in [0.15, 0.2) is 53.4 Å². The van der Waals surface area contributed by atoms with Gasteiger partial charge in [0.2, 0.25) is 10.0 Å². The van der Waals surface area contributed by atoms with Crippen molar-refractivity contribution in [3.63, 3.8) is 0 Å². The molecule has 176 valence electrons. The zero-order valence-electron chi connectivity index (χ0n) is 18.5. The Morgan fingerprint density at radius 1 is 1.12 bits per heavy atom. The van der Waals surface area contributed by atoms with E-state index in [-0.39, 0.29) is 21.8 Å². The fourth-order valence-corrected chi connectivity index (χ4v) is 4.41. The molecule has 0 aliphatic rings. The van der Waals surface area contributed by atoms with Gasteiger partial charge < -0.3 is 10.1 Å². The lowest BCUT2D eigenvalue weighted by atomic mass is 10.1. The van der Waals surface area contributed by atoms with Gasteiger partial charge in [0.05, 0.1) is 21.1 Å². The van der Waals surface area contributed by atoms with Crippen molar-refractivity contribution < 1.29 is 27.7 Å². The fourth-order valence-electron chi connectivity index (χ4n) is 2.96. The van der Waals surface area contributed by atoms with Crippen LogP contribution in [0, 0.1) is 17.0 Å². The van der Waals surface area contributed by atoms with Crippen LogP contribution in [0.1, 0.15) is 25.0 Å². The zero-order valence-corrected chi connectivity index (χ0v) is 19.3. The van der Waals surface area contributed by atoms with Gasteiger partial charge in [-0.3, -0.25) is 14.9 Å². The van der Waals surface area contributed by atoms with Crippen molar-refractivity contribution in [2.45, 2.75) is 25.7 Å². The highest BCUT2D eigenvalue weighted by atomic mass is 32.2. The van der Waals surface area contributed by atoms with Crippen molar-refractivity contribution in [1.29, 1.82) is 0 Å². The number of esters is 1. The van der Waals surface area contributed by atoms with Crippen LogP contribution in [0.5, 0.6) is 0 Å². The lowest BCUT2D eigenvalue weighted by Crippen LogP contribution is -2.30. The average molecular weight is 476 g/mol. The summed E-state index contributed by atoms with van der Waals surface area (Å²) < 4.78 is 31.2. The molecule has 0 saturated carbocycles. The number of nitro groups is 1. The number of benzene rings is 2. The summed E-state index contributed by atoms with van der Waals surface area (Å²) in [6.07, 6.45) is 2.54. The van der Waals surface area contributed by atoms with Crippen molar-refractivity contribution in [3.8, 4) is 0 Å². The normalized spacial score (nSPS) is 11.5. The Labute approximate surface area is 192 Å². The van der Waals surface area contributed by atoms with E-state index in [9.17, 15) is 28.1 Å². The first-order valence-electron chi connectivity index (χ1n) is 10.1. The predicted octanol–water partition coefficient (Wildman–Crippen LogP) is 3.13. The minimum atomic E-state index is -3.57. The van der Waals surface area contributed by atoms with Gasteiger partial charge in [-0.25, -0.2) is 13.2 Å². The monoisotopic (exact) mass is 475 g/mol. The Morgan fingerprint density at radius 2 is 1.76 bits per heavy atom. The third-order valence-corrected chi connectivity index (χ3v) is 6.82. The number of carbonyl (C=O) groups is 2. The molecule has 0 unspecified atom stereocenters. The van der Waals surface area contributed by atoms with Gasteiger partial charge >= 0.3 is 5.97 Å². The van der Waals surface area contributed by atoms with Gasteiger partial charge in [0, 0.05) is 25.2 Å². The van der Waals surface area contributed by atoms with E-state index in [0.717, 1.165) is 6.08 Å². The molecule has 0 saturated heterocycles. The van der Waals surface area contributed by atoms with Gasteiger partial charge in [0.25, 0.3) is 11.6 Å². The Balaban J connectivity index is 1.93. The first-order chi connectivity index (χ1) is 15.6. The summed E-state index contributed by atoms with van der Waals surface area (Å²) in [6.45, 7) is 5.17. The molecule has 2 aromatic rings. The summed E-state index contributed by atoms with van der Waals surface area (Å²) in [4.78, 5) is 34.5. The van der Waals surface area contributed by atoms with Crippen LogP contribution in [0.25, 0.3) is 6.08 Å². The molecule has 0 aromatic heterocycles. The number of sulfonamides is 1. The Hall–Kier alpha value is -3.57. The molecule has 33 heavy (non-hydrogen) atoms. The lowest BCUT2D eigenvalue weighted by molar-refractivity contribution is -0.385. The van der Waals surface area contributed by atoms with Crippen molar-refractivity contribution in [2.75, 3.05) is 25.0 Å². The number of hydrogen-bond acceptors (Lipinski definition) is 7. The van der Waals surface area contributed by atoms with Crippen LogP contribution in [-0.4, -0.2) is 49.2 Å². The topological polar surface area (TPSA) is 136 Å². The van der Waals surface area contributed by atoms with E-state index in [4.69, 9.17) is 4.74 Å². The summed E-state index contributed by atoms with van der Waals surface area (Å²) in [5.41, 5.74) is 0.972. The predicted molar refractivity (Wildman–Crippen MR) is 123 cm³/mol. The Morgan fingerprint density at radius 3 is 2.33 bits per heavy atom. The van der Waals surface area contributed by atoms with Crippen LogP contribution >= 0.6 is 0 Å². The molecule has 0 heterocycles. The van der Waals surface area contributed by atoms with E-state index in [1.807, 2.05) is 0 Å². The second-order valence-electron chi connectivity index (χ2n) is 6.85. The molecule has 0 bridgehead atoms. The number of nitrogens with zero attached hydrogens (tertiary/aromatic N) is 2. The third kappa shape index (κ3) is 6.70. The quantitative estimate of drug-likeness (QED) is 0.241. The van der Waals surface area contributed by atoms with Crippen LogP contribution in [0.3, 0.4) is 0 Å². The second-order valence-corrected chi connectivity index (χ2v) is 8.79. The van der Waals surface area contributed by atoms with Crippen LogP contribution in [-0.2, 0) is 24.3 Å². The van der Waals surface area contributed by atoms with Gasteiger partial charge in [-0.15, -0.1) is 0 Å². The number of nitrogens with one attached hydrogen (secondary N) is 1. The highest BCUT2D eigenvalue weighted by molar-refractivity contribution is 7.89. The number of ether oxygens (including phenoxy) is 1. The molecule has 0 fully saturated rings. The van der Waals surface area contributed by atoms with Crippen molar-refractivity contribution in [3.05, 3.63) is 69.8 Å². The fraction of sp³-hybridized carbons (Fsp3) is 0.273. The van der Waals surface area contributed by atoms with Gasteiger partial charge in [-0.05, 0) is 36.8 Å². The molecule has 11 heteroatoms. The van der Waals surface area contributed by atoms with E-state index >= 15 is 0 Å². The number of hydrogen-bond donors (Lipinski definition) is 1. The van der Waals surface area contributed by atoms with E-state index in [2.05, 4.69) is 5.32 Å². The molecule has 0 aliphatic carbocycles. The molecule has 1 amide bonds. The summed E-state index contributed by atoms with van der Waals surface area (Å²) in [7, 11) is -3.57. The van der Waals surface area contributed by atoms with Gasteiger partial charge in [0.15, 0.2) is 6.61 Å². The summed E-state index contributed by atoms with van der Waals surface area (Å²) in [5.74, 6) is -1.42. The van der Waals surface area contributed by atoms with Gasteiger partial charge in [0.1, 0.15) is 0 Å². The molecule has 2 aromatic carbocycles. The average Bonchev–Trinajstić information content (AvgIpc) is 2.78. The molecule has 0 atom stereocenters. The van der Waals surface area contributed by atoms with E-state index in [1.165, 1.54) is 47.6 Å². The standard InChI is InChI=1S/C22H25N3O7S/c1-4-24(5-2)33(30,31)18-12-9-17(10-13-18)11-14-22(27)32-15-21(26)23-19-7-6-8-20(16(19)3)25(28)29/h6-14H,4-5,15H2,1-3H3,(H,23,26)/b14-11+. The van der Waals surface area contributed by atoms with E-state index in [1.54, 1.807) is 26.0 Å². The van der Waals surface area contributed by atoms with Gasteiger partial charge in [-0.2, -0.15) is 4.31 Å². The van der Waals surface area contributed by atoms with E-state index < -0.39 is 33.4 Å². The highest BCUT2D eigenvalue weighted by Crippen LogP contribution is 2.25. The third-order valence-electron chi connectivity index (χ3n) is 4.76. The summed E-state index contributed by atoms with van der Waals surface area (Å²) >= 11 is 0. The molecule has 0 radical (unpaired) electrons. The summed E-state index contributed by atoms with van der Waals surface area (Å²) in [5, 5.41) is 13.4. The number of nitro benzene ring substituents is 1. The van der Waals surface area contributed by atoms with Crippen LogP contribution in [0.4, 0.5) is 11.4 Å². The molecule has 1 N–H and O–H groups in total. The molecule has 2 rings (SSSR count). The van der Waals surface area contributed by atoms with Crippen molar-refractivity contribution >= 4 is 39.4 Å². The molecule has 10 nitrogen and oxygen atoms in total. The first-order valence-corrected chi connectivity index (χ1v) is 11.5. The number of anilines is 1. The van der Waals surface area contributed by atoms with Crippen LogP contribution < -0.4 is 5.32 Å². The molecular weight excluding hydrogens is 450 g/mol. The van der Waals surface area contributed by atoms with Crippen LogP contribution in [0.2, 0.25) is 0 Å². The zero-order chi connectivity index (χ0) is 24.6. The first kappa shape index (κ1) is 25.7. The largest absolute Gasteiger partial charge is 0.452 e. The van der Waals surface area contributed by atoms with E-state index in [0.29, 0.717) is 18.7 Å².